The smallest absolute Gasteiger partial charge is 0.337 e. The van der Waals surface area contributed by atoms with Crippen LogP contribution >= 0.6 is 0 Å². The molecule has 0 bridgehead atoms. The molecule has 0 unspecified atom stereocenters. The number of carboxylic acid groups (broad SMARTS) is 1. The van der Waals surface area contributed by atoms with Gasteiger partial charge in [-0.1, -0.05) is 6.07 Å². The van der Waals surface area contributed by atoms with Gasteiger partial charge in [-0.05, 0) is 36.4 Å². The Labute approximate surface area is 119 Å². The number of urea groups is 1. The Morgan fingerprint density at radius 3 is 2.52 bits per heavy atom. The Kier molecular flexibility index (Phi) is 4.03. The summed E-state index contributed by atoms with van der Waals surface area (Å²) in [6.45, 7) is 0. The molecular weight excluding hydrogens is 277 g/mol. The maximum absolute atomic E-state index is 13.0. The van der Waals surface area contributed by atoms with E-state index >= 15 is 0 Å². The zero-order valence-corrected chi connectivity index (χ0v) is 10.8. The van der Waals surface area contributed by atoms with Crippen LogP contribution in [0.15, 0.2) is 42.5 Å². The van der Waals surface area contributed by atoms with Crippen molar-refractivity contribution in [2.24, 2.45) is 0 Å². The molecule has 0 aliphatic heterocycles. The lowest BCUT2D eigenvalue weighted by Crippen LogP contribution is -2.21. The number of hydrogen-bond donors (Lipinski definition) is 4. The Hall–Kier alpha value is -3.09. The van der Waals surface area contributed by atoms with Gasteiger partial charge in [-0.2, -0.15) is 0 Å². The number of halogens is 1. The molecule has 2 aromatic carbocycles. The average Bonchev–Trinajstić information content (AvgIpc) is 2.40. The molecular formula is C14H12FN3O3. The van der Waals surface area contributed by atoms with Gasteiger partial charge in [0.1, 0.15) is 5.82 Å². The minimum absolute atomic E-state index is 0.0885. The van der Waals surface area contributed by atoms with Crippen LogP contribution in [0.3, 0.4) is 0 Å². The predicted octanol–water partition coefficient (Wildman–Crippen LogP) is 2.75. The highest BCUT2D eigenvalue weighted by molar-refractivity contribution is 6.05. The second-order valence-electron chi connectivity index (χ2n) is 4.20. The van der Waals surface area contributed by atoms with Crippen molar-refractivity contribution in [3.05, 3.63) is 53.8 Å². The van der Waals surface area contributed by atoms with Gasteiger partial charge < -0.3 is 21.5 Å². The summed E-state index contributed by atoms with van der Waals surface area (Å²) in [5.74, 6) is -1.71. The number of aromatic carboxylic acids is 1. The van der Waals surface area contributed by atoms with E-state index in [2.05, 4.69) is 10.6 Å². The molecule has 2 amide bonds. The van der Waals surface area contributed by atoms with Crippen LogP contribution in [0.4, 0.5) is 26.2 Å². The van der Waals surface area contributed by atoms with E-state index in [1.54, 1.807) is 0 Å². The fourth-order valence-electron chi connectivity index (χ4n) is 1.70. The van der Waals surface area contributed by atoms with Crippen LogP contribution in [0.1, 0.15) is 10.4 Å². The maximum atomic E-state index is 13.0. The van der Waals surface area contributed by atoms with E-state index in [9.17, 15) is 14.0 Å². The third kappa shape index (κ3) is 3.69. The third-order valence-corrected chi connectivity index (χ3v) is 2.60. The van der Waals surface area contributed by atoms with Crippen LogP contribution < -0.4 is 16.4 Å². The van der Waals surface area contributed by atoms with Crippen LogP contribution in [0.2, 0.25) is 0 Å². The number of rotatable bonds is 3. The molecule has 108 valence electrons. The van der Waals surface area contributed by atoms with E-state index in [1.807, 2.05) is 0 Å². The van der Waals surface area contributed by atoms with E-state index < -0.39 is 17.8 Å². The van der Waals surface area contributed by atoms with Crippen LogP contribution in [-0.4, -0.2) is 17.1 Å². The van der Waals surface area contributed by atoms with Crippen LogP contribution in [0.25, 0.3) is 0 Å². The summed E-state index contributed by atoms with van der Waals surface area (Å²) in [5, 5.41) is 13.8. The molecule has 0 saturated heterocycles. The van der Waals surface area contributed by atoms with Crippen molar-refractivity contribution in [1.29, 1.82) is 0 Å². The van der Waals surface area contributed by atoms with E-state index in [1.165, 1.54) is 36.4 Å². The number of benzene rings is 2. The monoisotopic (exact) mass is 289 g/mol. The average molecular weight is 289 g/mol. The zero-order chi connectivity index (χ0) is 15.4. The summed E-state index contributed by atoms with van der Waals surface area (Å²) in [7, 11) is 0. The number of nitrogens with one attached hydrogen (secondary N) is 2. The first kappa shape index (κ1) is 14.3. The van der Waals surface area contributed by atoms with Crippen molar-refractivity contribution < 1.29 is 19.1 Å². The Morgan fingerprint density at radius 1 is 1.10 bits per heavy atom. The lowest BCUT2D eigenvalue weighted by atomic mass is 10.1. The summed E-state index contributed by atoms with van der Waals surface area (Å²) < 4.78 is 13.0. The van der Waals surface area contributed by atoms with Gasteiger partial charge in [0.05, 0.1) is 11.3 Å². The fraction of sp³-hybridized carbons (Fsp3) is 0. The lowest BCUT2D eigenvalue weighted by Gasteiger charge is -2.10. The first-order valence-corrected chi connectivity index (χ1v) is 5.92. The van der Waals surface area contributed by atoms with Gasteiger partial charge >= 0.3 is 12.0 Å². The molecule has 0 fully saturated rings. The maximum Gasteiger partial charge on any atom is 0.337 e. The van der Waals surface area contributed by atoms with E-state index in [0.29, 0.717) is 0 Å². The molecule has 0 aliphatic rings. The molecule has 0 spiro atoms. The highest BCUT2D eigenvalue weighted by Gasteiger charge is 2.13. The number of carbonyl (C=O) groups is 2. The summed E-state index contributed by atoms with van der Waals surface area (Å²) in [6, 6.07) is 8.72. The lowest BCUT2D eigenvalue weighted by molar-refractivity contribution is 0.0698. The molecule has 7 heteroatoms. The van der Waals surface area contributed by atoms with E-state index in [0.717, 1.165) is 6.07 Å². The highest BCUT2D eigenvalue weighted by Crippen LogP contribution is 2.19. The standard InChI is InChI=1S/C14H12FN3O3/c15-8-2-1-3-10(6-8)17-14(21)18-12-5-4-9(16)7-11(12)13(19)20/h1-7H,16H2,(H,19,20)(H2,17,18,21). The number of carbonyl (C=O) groups excluding carboxylic acids is 1. The normalized spacial score (nSPS) is 9.95. The number of amides is 2. The third-order valence-electron chi connectivity index (χ3n) is 2.60. The molecule has 0 heterocycles. The largest absolute Gasteiger partial charge is 0.478 e. The molecule has 5 N–H and O–H groups in total. The first-order chi connectivity index (χ1) is 9.95. The van der Waals surface area contributed by atoms with E-state index in [4.69, 9.17) is 10.8 Å². The van der Waals surface area contributed by atoms with Gasteiger partial charge in [0, 0.05) is 11.4 Å². The summed E-state index contributed by atoms with van der Waals surface area (Å²) in [5.41, 5.74) is 5.97. The van der Waals surface area contributed by atoms with Gasteiger partial charge in [-0.25, -0.2) is 14.0 Å². The van der Waals surface area contributed by atoms with Gasteiger partial charge in [0.25, 0.3) is 0 Å². The van der Waals surface area contributed by atoms with E-state index in [-0.39, 0.29) is 22.6 Å². The highest BCUT2D eigenvalue weighted by atomic mass is 19.1. The second-order valence-corrected chi connectivity index (χ2v) is 4.20. The van der Waals surface area contributed by atoms with Crippen molar-refractivity contribution in [1.82, 2.24) is 0 Å². The van der Waals surface area contributed by atoms with Crippen LogP contribution in [0.5, 0.6) is 0 Å². The number of hydrogen-bond acceptors (Lipinski definition) is 3. The van der Waals surface area contributed by atoms with Gasteiger partial charge in [-0.15, -0.1) is 0 Å². The minimum atomic E-state index is -1.22. The molecule has 0 saturated carbocycles. The van der Waals surface area contributed by atoms with Crippen LogP contribution in [-0.2, 0) is 0 Å². The van der Waals surface area contributed by atoms with Crippen LogP contribution in [0, 0.1) is 5.82 Å². The topological polar surface area (TPSA) is 104 Å². The summed E-state index contributed by atoms with van der Waals surface area (Å²) in [6.07, 6.45) is 0. The molecule has 0 aromatic heterocycles. The summed E-state index contributed by atoms with van der Waals surface area (Å²) in [4.78, 5) is 22.9. The molecule has 2 aromatic rings. The Morgan fingerprint density at radius 2 is 1.86 bits per heavy atom. The molecule has 21 heavy (non-hydrogen) atoms. The number of nitrogens with two attached hydrogens (primary N) is 1. The molecule has 0 aliphatic carbocycles. The van der Waals surface area contributed by atoms with Crippen molar-refractivity contribution in [2.75, 3.05) is 16.4 Å². The summed E-state index contributed by atoms with van der Waals surface area (Å²) >= 11 is 0. The predicted molar refractivity (Wildman–Crippen MR) is 76.9 cm³/mol. The molecule has 6 nitrogen and oxygen atoms in total. The van der Waals surface area contributed by atoms with Gasteiger partial charge in [-0.3, -0.25) is 0 Å². The number of nitrogen functional groups attached to an aromatic ring is 1. The zero-order valence-electron chi connectivity index (χ0n) is 10.8. The SMILES string of the molecule is Nc1ccc(NC(=O)Nc2cccc(F)c2)c(C(=O)O)c1. The van der Waals surface area contributed by atoms with Gasteiger partial charge in [0.2, 0.25) is 0 Å². The Balaban J connectivity index is 2.15. The number of anilines is 3. The van der Waals surface area contributed by atoms with Gasteiger partial charge in [0.15, 0.2) is 0 Å². The van der Waals surface area contributed by atoms with Crippen molar-refractivity contribution in [3.63, 3.8) is 0 Å². The van der Waals surface area contributed by atoms with Crippen molar-refractivity contribution >= 4 is 29.1 Å². The minimum Gasteiger partial charge on any atom is -0.478 e. The Bertz CT molecular complexity index is 704. The van der Waals surface area contributed by atoms with Crippen molar-refractivity contribution in [2.45, 2.75) is 0 Å². The van der Waals surface area contributed by atoms with Crippen molar-refractivity contribution in [3.8, 4) is 0 Å². The molecule has 0 radical (unpaired) electrons. The quantitative estimate of drug-likeness (QED) is 0.652. The fourth-order valence-corrected chi connectivity index (χ4v) is 1.70. The number of carboxylic acids is 1. The second kappa shape index (κ2) is 5.91. The molecule has 0 atom stereocenters. The first-order valence-electron chi connectivity index (χ1n) is 5.92. The molecule has 2 rings (SSSR count).